The second-order valence-electron chi connectivity index (χ2n) is 5.49. The van der Waals surface area contributed by atoms with Gasteiger partial charge in [-0.25, -0.2) is 0 Å². The first-order valence-corrected chi connectivity index (χ1v) is 11.2. The molecule has 0 aliphatic rings. The van der Waals surface area contributed by atoms with E-state index in [1.807, 2.05) is 0 Å². The highest BCUT2D eigenvalue weighted by Crippen LogP contribution is 1.61. The van der Waals surface area contributed by atoms with Gasteiger partial charge in [0, 0.05) is 195 Å². The highest BCUT2D eigenvalue weighted by atomic mass is 14.2. The molecule has 0 radical (unpaired) electrons. The van der Waals surface area contributed by atoms with E-state index in [9.17, 15) is 0 Å². The summed E-state index contributed by atoms with van der Waals surface area (Å²) >= 11 is 0. The molecular weight excluding hydrogens is 542 g/mol. The van der Waals surface area contributed by atoms with Gasteiger partial charge in [-0.3, -0.25) is 0 Å². The Morgan fingerprint density at radius 1 is 0.178 bits per heavy atom. The van der Waals surface area contributed by atoms with Crippen LogP contribution in [0.25, 0.3) is 0 Å². The van der Waals surface area contributed by atoms with Crippen molar-refractivity contribution in [1.82, 2.24) is 0 Å². The maximum absolute atomic E-state index is 8.18. The predicted octanol–water partition coefficient (Wildman–Crippen LogP) is 0.601. The summed E-state index contributed by atoms with van der Waals surface area (Å²) < 4.78 is 0. The van der Waals surface area contributed by atoms with E-state index in [2.05, 4.69) is 249 Å². The van der Waals surface area contributed by atoms with Gasteiger partial charge in [-0.05, 0) is 54.3 Å². The van der Waals surface area contributed by atoms with Crippen LogP contribution in [0, 0.1) is 260 Å². The molecule has 0 amide bonds. The first-order valence-electron chi connectivity index (χ1n) is 11.2. The molecule has 1 nitrogen and oxygen atoms in total. The van der Waals surface area contributed by atoms with Gasteiger partial charge in [-0.1, -0.05) is 5.92 Å². The van der Waals surface area contributed by atoms with Crippen molar-refractivity contribution in [2.75, 3.05) is 0 Å². The van der Waals surface area contributed by atoms with Crippen LogP contribution in [-0.2, 0) is 0 Å². The van der Waals surface area contributed by atoms with Crippen LogP contribution in [-0.4, -0.2) is 0 Å². The van der Waals surface area contributed by atoms with Crippen molar-refractivity contribution in [2.24, 2.45) is 0 Å². The monoisotopic (exact) mass is 545 g/mol. The first-order chi connectivity index (χ1) is 22.4. The van der Waals surface area contributed by atoms with Gasteiger partial charge in [0.25, 0.3) is 0 Å². The number of rotatable bonds is 0. The third-order valence-electron chi connectivity index (χ3n) is 2.68. The van der Waals surface area contributed by atoms with Crippen LogP contribution in [0.4, 0.5) is 0 Å². The number of nitriles is 1. The predicted molar refractivity (Wildman–Crippen MR) is 175 cm³/mol. The maximum atomic E-state index is 8.18. The Bertz CT molecular complexity index is 2660. The average Bonchev–Trinajstić information content (AvgIpc) is 3.05. The summed E-state index contributed by atoms with van der Waals surface area (Å²) in [4.78, 5) is 0. The van der Waals surface area contributed by atoms with Gasteiger partial charge in [0.15, 0.2) is 6.07 Å². The smallest absolute Gasteiger partial charge is 0.153 e. The molecule has 0 saturated heterocycles. The minimum absolute atomic E-state index is 1.63. The molecule has 0 saturated carbocycles. The highest BCUT2D eigenvalue weighted by Gasteiger charge is 1.61. The van der Waals surface area contributed by atoms with Gasteiger partial charge in [0.1, 0.15) is 0 Å². The summed E-state index contributed by atoms with van der Waals surface area (Å²) in [5.74, 6) is 104. The summed E-state index contributed by atoms with van der Waals surface area (Å²) in [6.45, 7) is 1.69. The molecule has 0 unspecified atom stereocenters. The molecule has 0 aliphatic carbocycles. The lowest BCUT2D eigenvalue weighted by Crippen LogP contribution is -1.57. The molecule has 0 bridgehead atoms. The van der Waals surface area contributed by atoms with Crippen LogP contribution in [0.1, 0.15) is 6.92 Å². The molecule has 0 aromatic heterocycles. The molecule has 0 N–H and O–H groups in total. The summed E-state index contributed by atoms with van der Waals surface area (Å²) in [6, 6.07) is 1.63. The Labute approximate surface area is 266 Å². The summed E-state index contributed by atoms with van der Waals surface area (Å²) in [7, 11) is 0. The van der Waals surface area contributed by atoms with Gasteiger partial charge in [-0.15, -0.1) is 0 Å². The minimum atomic E-state index is 1.63. The SMILES string of the molecule is CC#CC#CC#CC#CC#CC#CC#CC#CC#CC#CC#CC#CC#CC#CC#CC#CC#CC#CC#CC#CC#CC#N. The van der Waals surface area contributed by atoms with Crippen molar-refractivity contribution in [3.05, 3.63) is 0 Å². The van der Waals surface area contributed by atoms with Crippen molar-refractivity contribution in [3.63, 3.8) is 0 Å². The molecule has 1 heteroatoms. The Hall–Kier alpha value is -9.75. The molecule has 0 aliphatic heterocycles. The molecule has 184 valence electrons. The van der Waals surface area contributed by atoms with Gasteiger partial charge in [-0.2, -0.15) is 5.26 Å². The number of nitrogens with zero attached hydrogens (tertiary/aromatic N) is 1. The highest BCUT2D eigenvalue weighted by molar-refractivity contribution is 5.50. The normalized spacial score (nSPS) is 3.91. The van der Waals surface area contributed by atoms with E-state index >= 15 is 0 Å². The molecular formula is C44H3N. The third-order valence-corrected chi connectivity index (χ3v) is 2.68. The second kappa shape index (κ2) is 34.2. The van der Waals surface area contributed by atoms with Gasteiger partial charge in [0.2, 0.25) is 0 Å². The molecule has 0 spiro atoms. The van der Waals surface area contributed by atoms with E-state index in [0.29, 0.717) is 0 Å². The largest absolute Gasteiger partial charge is 0.183 e. The summed E-state index contributed by atoms with van der Waals surface area (Å²) in [5.41, 5.74) is 0. The molecule has 45 heavy (non-hydrogen) atoms. The van der Waals surface area contributed by atoms with Crippen molar-refractivity contribution < 1.29 is 0 Å². The Morgan fingerprint density at radius 3 is 0.400 bits per heavy atom. The fourth-order valence-electron chi connectivity index (χ4n) is 1.31. The lowest BCUT2D eigenvalue weighted by Gasteiger charge is -1.57. The van der Waals surface area contributed by atoms with Crippen molar-refractivity contribution in [2.45, 2.75) is 6.92 Å². The van der Waals surface area contributed by atoms with E-state index in [1.165, 1.54) is 0 Å². The number of hydrogen-bond donors (Lipinski definition) is 0. The van der Waals surface area contributed by atoms with E-state index in [0.717, 1.165) is 0 Å². The Kier molecular flexibility index (Phi) is 26.8. The zero-order valence-electron chi connectivity index (χ0n) is 22.9. The molecule has 0 aromatic carbocycles. The van der Waals surface area contributed by atoms with E-state index in [-0.39, 0.29) is 0 Å². The van der Waals surface area contributed by atoms with Crippen LogP contribution < -0.4 is 0 Å². The van der Waals surface area contributed by atoms with Crippen LogP contribution >= 0.6 is 0 Å². The third kappa shape index (κ3) is 34.2. The van der Waals surface area contributed by atoms with Crippen LogP contribution in [0.15, 0.2) is 0 Å². The van der Waals surface area contributed by atoms with Gasteiger partial charge in [0.05, 0.1) is 0 Å². The zero-order valence-corrected chi connectivity index (χ0v) is 22.9. The van der Waals surface area contributed by atoms with Gasteiger partial charge < -0.3 is 0 Å². The summed E-state index contributed by atoms with van der Waals surface area (Å²) in [5, 5.41) is 8.18. The molecule has 0 atom stereocenters. The Balaban J connectivity index is 4.54. The Morgan fingerprint density at radius 2 is 0.289 bits per heavy atom. The fraction of sp³-hybridized carbons (Fsp3) is 0.0227. The van der Waals surface area contributed by atoms with E-state index in [1.54, 1.807) is 13.0 Å². The minimum Gasteiger partial charge on any atom is -0.183 e. The molecule has 0 fully saturated rings. The van der Waals surface area contributed by atoms with Crippen LogP contribution in [0.2, 0.25) is 0 Å². The lowest BCUT2D eigenvalue weighted by atomic mass is 10.4. The lowest BCUT2D eigenvalue weighted by molar-refractivity contribution is 1.55. The maximum Gasteiger partial charge on any atom is 0.153 e. The summed E-state index contributed by atoms with van der Waals surface area (Å²) in [6.07, 6.45) is 0. The second-order valence-corrected chi connectivity index (χ2v) is 5.49. The molecule has 0 aromatic rings. The van der Waals surface area contributed by atoms with Crippen LogP contribution in [0.3, 0.4) is 0 Å². The van der Waals surface area contributed by atoms with Crippen LogP contribution in [0.5, 0.6) is 0 Å². The van der Waals surface area contributed by atoms with Crippen molar-refractivity contribution in [1.29, 1.82) is 5.26 Å². The quantitative estimate of drug-likeness (QED) is 0.410. The first kappa shape index (κ1) is 35.2. The fourth-order valence-corrected chi connectivity index (χ4v) is 1.31. The van der Waals surface area contributed by atoms with Crippen molar-refractivity contribution >= 4 is 0 Å². The molecule has 0 heterocycles. The van der Waals surface area contributed by atoms with Gasteiger partial charge >= 0.3 is 0 Å². The number of hydrogen-bond acceptors (Lipinski definition) is 1. The zero-order chi connectivity index (χ0) is 32.4. The van der Waals surface area contributed by atoms with E-state index < -0.39 is 0 Å². The standard InChI is InChI=1S/C44H3N/c1-2-3-4-5-6-7-8-9-10-11-12-13-14-15-16-17-18-19-20-21-22-23-24-25-26-27-28-29-30-31-32-33-34-35-36-37-38-39-40-41-42-43-44-45/h1H3. The topological polar surface area (TPSA) is 23.8 Å². The van der Waals surface area contributed by atoms with E-state index in [4.69, 9.17) is 5.26 Å². The molecule has 0 rings (SSSR count). The average molecular weight is 546 g/mol. The van der Waals surface area contributed by atoms with Crippen molar-refractivity contribution in [3.8, 4) is 255 Å².